The Kier molecular flexibility index (Phi) is 4.22. The lowest BCUT2D eigenvalue weighted by atomic mass is 9.79. The Morgan fingerprint density at radius 3 is 1.53 bits per heavy atom. The van der Waals surface area contributed by atoms with Crippen molar-refractivity contribution in [2.24, 2.45) is 0 Å². The first-order valence-corrected chi connectivity index (χ1v) is 6.33. The molecule has 0 unspecified atom stereocenters. The van der Waals surface area contributed by atoms with Gasteiger partial charge in [-0.05, 0) is 23.0 Å². The standard InChI is InChI=1S/C14H23BO4/c1-13(2,3)10-7-9(19-15(17)18)8-11(12(10)16)14(4,5)6/h7-8,16-18H,1-6H3. The van der Waals surface area contributed by atoms with Gasteiger partial charge < -0.3 is 19.8 Å². The first kappa shape index (κ1) is 15.9. The van der Waals surface area contributed by atoms with Gasteiger partial charge in [0.25, 0.3) is 0 Å². The third-order valence-electron chi connectivity index (χ3n) is 2.94. The van der Waals surface area contributed by atoms with E-state index in [-0.39, 0.29) is 16.6 Å². The van der Waals surface area contributed by atoms with Gasteiger partial charge in [0.05, 0.1) is 0 Å². The van der Waals surface area contributed by atoms with Crippen LogP contribution in [0.1, 0.15) is 52.7 Å². The van der Waals surface area contributed by atoms with E-state index >= 15 is 0 Å². The van der Waals surface area contributed by atoms with Gasteiger partial charge in [-0.15, -0.1) is 0 Å². The largest absolute Gasteiger partial charge is 0.707 e. The van der Waals surface area contributed by atoms with E-state index < -0.39 is 7.32 Å². The number of phenols is 1. The summed E-state index contributed by atoms with van der Waals surface area (Å²) >= 11 is 0. The summed E-state index contributed by atoms with van der Waals surface area (Å²) in [5.41, 5.74) is 0.888. The second-order valence-corrected chi connectivity index (χ2v) is 6.81. The van der Waals surface area contributed by atoms with Crippen LogP contribution in [0.4, 0.5) is 0 Å². The number of rotatable bonds is 2. The van der Waals surface area contributed by atoms with Gasteiger partial charge in [0.15, 0.2) is 0 Å². The highest BCUT2D eigenvalue weighted by Gasteiger charge is 2.27. The number of hydrogen-bond acceptors (Lipinski definition) is 4. The van der Waals surface area contributed by atoms with Gasteiger partial charge in [-0.1, -0.05) is 41.5 Å². The molecule has 0 amide bonds. The molecule has 1 aromatic carbocycles. The third kappa shape index (κ3) is 3.88. The molecule has 0 atom stereocenters. The fourth-order valence-electron chi connectivity index (χ4n) is 1.94. The maximum atomic E-state index is 10.4. The van der Waals surface area contributed by atoms with E-state index in [1.807, 2.05) is 41.5 Å². The molecule has 0 aliphatic rings. The molecule has 0 saturated carbocycles. The monoisotopic (exact) mass is 266 g/mol. The summed E-state index contributed by atoms with van der Waals surface area (Å²) in [6.45, 7) is 11.9. The Balaban J connectivity index is 3.48. The lowest BCUT2D eigenvalue weighted by Crippen LogP contribution is -2.22. The summed E-state index contributed by atoms with van der Waals surface area (Å²) in [7, 11) is -1.87. The van der Waals surface area contributed by atoms with Crippen LogP contribution in [0.15, 0.2) is 12.1 Å². The molecule has 0 aliphatic carbocycles. The maximum Gasteiger partial charge on any atom is 0.707 e. The summed E-state index contributed by atoms with van der Waals surface area (Å²) in [5, 5.41) is 28.3. The summed E-state index contributed by atoms with van der Waals surface area (Å²) in [6, 6.07) is 3.29. The zero-order valence-corrected chi connectivity index (χ0v) is 12.5. The van der Waals surface area contributed by atoms with Crippen LogP contribution in [-0.2, 0) is 10.8 Å². The fraction of sp³-hybridized carbons (Fsp3) is 0.571. The van der Waals surface area contributed by atoms with E-state index in [2.05, 4.69) is 0 Å². The molecule has 0 bridgehead atoms. The molecule has 1 aromatic rings. The predicted octanol–water partition coefficient (Wildman–Crippen LogP) is 2.34. The van der Waals surface area contributed by atoms with Crippen LogP contribution in [0.25, 0.3) is 0 Å². The van der Waals surface area contributed by atoms with Gasteiger partial charge in [0.2, 0.25) is 0 Å². The molecule has 0 saturated heterocycles. The van der Waals surface area contributed by atoms with E-state index in [1.165, 1.54) is 0 Å². The van der Waals surface area contributed by atoms with Crippen molar-refractivity contribution >= 4 is 7.32 Å². The quantitative estimate of drug-likeness (QED) is 0.718. The van der Waals surface area contributed by atoms with Crippen LogP contribution in [0.3, 0.4) is 0 Å². The van der Waals surface area contributed by atoms with Crippen LogP contribution in [-0.4, -0.2) is 22.5 Å². The van der Waals surface area contributed by atoms with E-state index in [4.69, 9.17) is 14.7 Å². The average Bonchev–Trinajstić information content (AvgIpc) is 2.16. The highest BCUT2D eigenvalue weighted by Crippen LogP contribution is 2.41. The molecule has 19 heavy (non-hydrogen) atoms. The van der Waals surface area contributed by atoms with Gasteiger partial charge >= 0.3 is 7.32 Å². The zero-order valence-electron chi connectivity index (χ0n) is 12.5. The highest BCUT2D eigenvalue weighted by atomic mass is 16.6. The van der Waals surface area contributed by atoms with Crippen molar-refractivity contribution in [1.29, 1.82) is 0 Å². The summed E-state index contributed by atoms with van der Waals surface area (Å²) in [6.07, 6.45) is 0. The molecule has 4 nitrogen and oxygen atoms in total. The molecule has 0 heterocycles. The van der Waals surface area contributed by atoms with Crippen molar-refractivity contribution in [3.8, 4) is 11.5 Å². The highest BCUT2D eigenvalue weighted by molar-refractivity contribution is 6.33. The molecular weight excluding hydrogens is 243 g/mol. The van der Waals surface area contributed by atoms with E-state index in [0.29, 0.717) is 5.75 Å². The van der Waals surface area contributed by atoms with Crippen LogP contribution in [0.2, 0.25) is 0 Å². The molecule has 0 spiro atoms. The Bertz CT molecular complexity index is 420. The van der Waals surface area contributed by atoms with Crippen LogP contribution >= 0.6 is 0 Å². The molecule has 1 rings (SSSR count). The van der Waals surface area contributed by atoms with Crippen LogP contribution in [0, 0.1) is 0 Å². The maximum absolute atomic E-state index is 10.4. The number of hydrogen-bond donors (Lipinski definition) is 3. The number of benzene rings is 1. The van der Waals surface area contributed by atoms with Crippen molar-refractivity contribution in [3.05, 3.63) is 23.3 Å². The van der Waals surface area contributed by atoms with E-state index in [1.54, 1.807) is 12.1 Å². The van der Waals surface area contributed by atoms with Gasteiger partial charge in [0, 0.05) is 11.1 Å². The minimum atomic E-state index is -1.87. The van der Waals surface area contributed by atoms with E-state index in [9.17, 15) is 5.11 Å². The topological polar surface area (TPSA) is 69.9 Å². The Hall–Kier alpha value is -1.20. The number of phenolic OH excluding ortho intramolecular Hbond substituents is 1. The molecule has 0 fully saturated rings. The van der Waals surface area contributed by atoms with Crippen molar-refractivity contribution in [1.82, 2.24) is 0 Å². The average molecular weight is 266 g/mol. The lowest BCUT2D eigenvalue weighted by molar-refractivity contribution is 0.287. The molecule has 3 N–H and O–H groups in total. The van der Waals surface area contributed by atoms with Crippen molar-refractivity contribution in [2.75, 3.05) is 0 Å². The summed E-state index contributed by atoms with van der Waals surface area (Å²) in [5.74, 6) is 0.572. The molecule has 0 aromatic heterocycles. The third-order valence-corrected chi connectivity index (χ3v) is 2.94. The van der Waals surface area contributed by atoms with Gasteiger partial charge in [-0.2, -0.15) is 0 Å². The molecule has 0 aliphatic heterocycles. The SMILES string of the molecule is CC(C)(C)c1cc(OB(O)O)cc(C(C)(C)C)c1O. The first-order valence-electron chi connectivity index (χ1n) is 6.33. The van der Waals surface area contributed by atoms with Gasteiger partial charge in [0.1, 0.15) is 11.5 Å². The Labute approximate surface area is 115 Å². The molecule has 106 valence electrons. The van der Waals surface area contributed by atoms with Crippen LogP contribution < -0.4 is 4.65 Å². The minimum Gasteiger partial charge on any atom is -0.512 e. The zero-order chi connectivity index (χ0) is 15.0. The molecule has 5 heteroatoms. The predicted molar refractivity (Wildman–Crippen MR) is 76.3 cm³/mol. The summed E-state index contributed by atoms with van der Waals surface area (Å²) in [4.78, 5) is 0. The minimum absolute atomic E-state index is 0.236. The fourth-order valence-corrected chi connectivity index (χ4v) is 1.94. The van der Waals surface area contributed by atoms with Crippen molar-refractivity contribution in [3.63, 3.8) is 0 Å². The smallest absolute Gasteiger partial charge is 0.512 e. The van der Waals surface area contributed by atoms with Gasteiger partial charge in [-0.25, -0.2) is 0 Å². The normalized spacial score (nSPS) is 12.4. The van der Waals surface area contributed by atoms with E-state index in [0.717, 1.165) is 11.1 Å². The summed E-state index contributed by atoms with van der Waals surface area (Å²) < 4.78 is 4.94. The van der Waals surface area contributed by atoms with Crippen LogP contribution in [0.5, 0.6) is 11.5 Å². The first-order chi connectivity index (χ1) is 8.43. The molecular formula is C14H23BO4. The Morgan fingerprint density at radius 2 is 1.26 bits per heavy atom. The van der Waals surface area contributed by atoms with Crippen molar-refractivity contribution < 1.29 is 19.8 Å². The van der Waals surface area contributed by atoms with Gasteiger partial charge in [-0.3, -0.25) is 0 Å². The lowest BCUT2D eigenvalue weighted by Gasteiger charge is -2.28. The number of aromatic hydroxyl groups is 1. The second-order valence-electron chi connectivity index (χ2n) is 6.81. The van der Waals surface area contributed by atoms with Crippen molar-refractivity contribution in [2.45, 2.75) is 52.4 Å². The Morgan fingerprint density at radius 1 is 0.895 bits per heavy atom. The molecule has 0 radical (unpaired) electrons. The second kappa shape index (κ2) is 5.06.